The highest BCUT2D eigenvalue weighted by molar-refractivity contribution is 5.89. The predicted molar refractivity (Wildman–Crippen MR) is 99.3 cm³/mol. The Hall–Kier alpha value is -2.92. The van der Waals surface area contributed by atoms with Crippen LogP contribution in [0.25, 0.3) is 5.69 Å². The number of benzene rings is 2. The molecule has 0 bridgehead atoms. The molecule has 0 N–H and O–H groups in total. The molecular weight excluding hydrogens is 328 g/mol. The minimum absolute atomic E-state index is 0.227. The largest absolute Gasteiger partial charge is 0.457 e. The molecule has 3 rings (SSSR count). The molecule has 2 aromatic carbocycles. The van der Waals surface area contributed by atoms with Gasteiger partial charge in [0.2, 0.25) is 0 Å². The molecule has 0 spiro atoms. The number of carbonyl (C=O) groups is 1. The van der Waals surface area contributed by atoms with Gasteiger partial charge in [-0.25, -0.2) is 9.48 Å². The summed E-state index contributed by atoms with van der Waals surface area (Å²) >= 11 is 0. The molecule has 3 aromatic rings. The topological polar surface area (TPSA) is 53.4 Å². The number of aromatic nitrogens is 2. The second-order valence-corrected chi connectivity index (χ2v) is 6.21. The van der Waals surface area contributed by atoms with Crippen LogP contribution in [0.15, 0.2) is 54.6 Å². The Morgan fingerprint density at radius 1 is 1.00 bits per heavy atom. The second kappa shape index (κ2) is 7.97. The van der Waals surface area contributed by atoms with Crippen LogP contribution in [-0.2, 0) is 22.7 Å². The van der Waals surface area contributed by atoms with E-state index >= 15 is 0 Å². The molecule has 5 heteroatoms. The van der Waals surface area contributed by atoms with Crippen molar-refractivity contribution in [2.75, 3.05) is 7.11 Å². The highest BCUT2D eigenvalue weighted by Crippen LogP contribution is 2.14. The number of aryl methyl sites for hydroxylation is 2. The zero-order valence-electron chi connectivity index (χ0n) is 15.2. The Labute approximate surface area is 153 Å². The van der Waals surface area contributed by atoms with Crippen LogP contribution in [0, 0.1) is 13.8 Å². The molecule has 0 fully saturated rings. The van der Waals surface area contributed by atoms with Gasteiger partial charge in [0.25, 0.3) is 0 Å². The first kappa shape index (κ1) is 17.9. The van der Waals surface area contributed by atoms with E-state index in [1.807, 2.05) is 61.0 Å². The molecule has 0 saturated carbocycles. The van der Waals surface area contributed by atoms with E-state index in [-0.39, 0.29) is 12.6 Å². The van der Waals surface area contributed by atoms with Crippen molar-refractivity contribution in [2.24, 2.45) is 0 Å². The zero-order valence-corrected chi connectivity index (χ0v) is 15.2. The highest BCUT2D eigenvalue weighted by atomic mass is 16.5. The molecule has 0 aliphatic carbocycles. The Kier molecular flexibility index (Phi) is 5.49. The van der Waals surface area contributed by atoms with Crippen molar-refractivity contribution < 1.29 is 14.3 Å². The minimum Gasteiger partial charge on any atom is -0.457 e. The molecule has 0 atom stereocenters. The summed E-state index contributed by atoms with van der Waals surface area (Å²) in [4.78, 5) is 12.2. The summed E-state index contributed by atoms with van der Waals surface area (Å²) in [5, 5.41) is 4.47. The lowest BCUT2D eigenvalue weighted by Gasteiger charge is -2.08. The van der Waals surface area contributed by atoms with Gasteiger partial charge in [0.15, 0.2) is 0 Å². The van der Waals surface area contributed by atoms with Crippen LogP contribution >= 0.6 is 0 Å². The number of rotatable bonds is 6. The highest BCUT2D eigenvalue weighted by Gasteiger charge is 2.09. The van der Waals surface area contributed by atoms with Crippen molar-refractivity contribution in [3.8, 4) is 5.69 Å². The molecule has 0 aliphatic heterocycles. The first-order valence-electron chi connectivity index (χ1n) is 8.44. The van der Waals surface area contributed by atoms with Gasteiger partial charge in [0.05, 0.1) is 23.6 Å². The maximum absolute atomic E-state index is 12.2. The summed E-state index contributed by atoms with van der Waals surface area (Å²) in [5.74, 6) is -0.342. The predicted octanol–water partition coefficient (Wildman–Crippen LogP) is 3.99. The molecule has 0 unspecified atom stereocenters. The van der Waals surface area contributed by atoms with E-state index in [0.29, 0.717) is 12.2 Å². The summed E-state index contributed by atoms with van der Waals surface area (Å²) in [7, 11) is 1.63. The van der Waals surface area contributed by atoms with Gasteiger partial charge in [0.1, 0.15) is 6.61 Å². The quantitative estimate of drug-likeness (QED) is 0.631. The van der Waals surface area contributed by atoms with E-state index in [2.05, 4.69) is 5.10 Å². The number of carbonyl (C=O) groups excluding carboxylic acids is 1. The Morgan fingerprint density at radius 3 is 2.42 bits per heavy atom. The van der Waals surface area contributed by atoms with Crippen LogP contribution in [0.2, 0.25) is 0 Å². The van der Waals surface area contributed by atoms with E-state index in [1.54, 1.807) is 19.2 Å². The molecule has 1 heterocycles. The average molecular weight is 350 g/mol. The summed E-state index contributed by atoms with van der Waals surface area (Å²) < 4.78 is 12.4. The van der Waals surface area contributed by atoms with Gasteiger partial charge in [-0.1, -0.05) is 24.3 Å². The van der Waals surface area contributed by atoms with Crippen molar-refractivity contribution in [3.63, 3.8) is 0 Å². The minimum atomic E-state index is -0.342. The van der Waals surface area contributed by atoms with Gasteiger partial charge in [-0.2, -0.15) is 5.10 Å². The lowest BCUT2D eigenvalue weighted by atomic mass is 10.1. The number of hydrogen-bond acceptors (Lipinski definition) is 4. The summed E-state index contributed by atoms with van der Waals surface area (Å²) in [6, 6.07) is 17.1. The Bertz CT molecular complexity index is 898. The monoisotopic (exact) mass is 350 g/mol. The van der Waals surface area contributed by atoms with Crippen LogP contribution in [0.5, 0.6) is 0 Å². The fourth-order valence-electron chi connectivity index (χ4n) is 2.81. The van der Waals surface area contributed by atoms with Gasteiger partial charge in [-0.05, 0) is 55.3 Å². The Balaban J connectivity index is 1.64. The van der Waals surface area contributed by atoms with Crippen LogP contribution in [0.1, 0.15) is 32.9 Å². The van der Waals surface area contributed by atoms with Gasteiger partial charge >= 0.3 is 5.97 Å². The molecule has 1 aromatic heterocycles. The summed E-state index contributed by atoms with van der Waals surface area (Å²) in [5.41, 5.74) is 5.44. The lowest BCUT2D eigenvalue weighted by Crippen LogP contribution is -2.06. The van der Waals surface area contributed by atoms with Crippen molar-refractivity contribution in [1.29, 1.82) is 0 Å². The van der Waals surface area contributed by atoms with E-state index in [0.717, 1.165) is 28.2 Å². The van der Waals surface area contributed by atoms with Crippen LogP contribution < -0.4 is 0 Å². The van der Waals surface area contributed by atoms with Crippen molar-refractivity contribution in [1.82, 2.24) is 9.78 Å². The molecule has 134 valence electrons. The van der Waals surface area contributed by atoms with Crippen LogP contribution in [0.3, 0.4) is 0 Å². The van der Waals surface area contributed by atoms with Crippen LogP contribution in [0.4, 0.5) is 0 Å². The lowest BCUT2D eigenvalue weighted by molar-refractivity contribution is 0.0472. The number of nitrogens with zero attached hydrogens (tertiary/aromatic N) is 2. The zero-order chi connectivity index (χ0) is 18.5. The van der Waals surface area contributed by atoms with Gasteiger partial charge in [-0.15, -0.1) is 0 Å². The molecule has 0 saturated heterocycles. The number of esters is 1. The Morgan fingerprint density at radius 2 is 1.77 bits per heavy atom. The SMILES string of the molecule is COCc1cccc(C(=O)OCc2ccc(-n3nc(C)cc3C)cc2)c1. The number of ether oxygens (including phenoxy) is 2. The third kappa shape index (κ3) is 4.18. The van der Waals surface area contributed by atoms with Crippen molar-refractivity contribution in [3.05, 3.63) is 82.7 Å². The molecule has 0 aliphatic rings. The van der Waals surface area contributed by atoms with Gasteiger partial charge < -0.3 is 9.47 Å². The standard InChI is InChI=1S/C21H22N2O3/c1-15-11-16(2)23(22-15)20-9-7-17(8-10-20)14-26-21(24)19-6-4-5-18(12-19)13-25-3/h4-12H,13-14H2,1-3H3. The van der Waals surface area contributed by atoms with E-state index in [4.69, 9.17) is 9.47 Å². The fourth-order valence-corrected chi connectivity index (χ4v) is 2.81. The maximum Gasteiger partial charge on any atom is 0.338 e. The van der Waals surface area contributed by atoms with E-state index < -0.39 is 0 Å². The van der Waals surface area contributed by atoms with Gasteiger partial charge in [-0.3, -0.25) is 0 Å². The molecule has 26 heavy (non-hydrogen) atoms. The number of methoxy groups -OCH3 is 1. The fraction of sp³-hybridized carbons (Fsp3) is 0.238. The molecule has 0 amide bonds. The van der Waals surface area contributed by atoms with Crippen molar-refractivity contribution in [2.45, 2.75) is 27.1 Å². The summed E-state index contributed by atoms with van der Waals surface area (Å²) in [6.07, 6.45) is 0. The molecule has 0 radical (unpaired) electrons. The van der Waals surface area contributed by atoms with Crippen LogP contribution in [-0.4, -0.2) is 22.9 Å². The van der Waals surface area contributed by atoms with Gasteiger partial charge in [0, 0.05) is 12.8 Å². The maximum atomic E-state index is 12.2. The van der Waals surface area contributed by atoms with E-state index in [9.17, 15) is 4.79 Å². The molecular formula is C21H22N2O3. The first-order chi connectivity index (χ1) is 12.6. The van der Waals surface area contributed by atoms with Crippen molar-refractivity contribution >= 4 is 5.97 Å². The average Bonchev–Trinajstić information content (AvgIpc) is 2.99. The summed E-state index contributed by atoms with van der Waals surface area (Å²) in [6.45, 7) is 4.69. The smallest absolute Gasteiger partial charge is 0.338 e. The third-order valence-corrected chi connectivity index (χ3v) is 4.03. The molecule has 5 nitrogen and oxygen atoms in total. The second-order valence-electron chi connectivity index (χ2n) is 6.21. The number of hydrogen-bond donors (Lipinski definition) is 0. The van der Waals surface area contributed by atoms with E-state index in [1.165, 1.54) is 0 Å². The first-order valence-corrected chi connectivity index (χ1v) is 8.44. The third-order valence-electron chi connectivity index (χ3n) is 4.03. The normalized spacial score (nSPS) is 10.7.